The van der Waals surface area contributed by atoms with Gasteiger partial charge in [0.15, 0.2) is 0 Å². The fourth-order valence-corrected chi connectivity index (χ4v) is 7.28. The van der Waals surface area contributed by atoms with E-state index >= 15 is 0 Å². The van der Waals surface area contributed by atoms with Crippen LogP contribution in [0.25, 0.3) is 22.3 Å². The number of hydrogen-bond acceptors (Lipinski definition) is 2. The zero-order valence-electron chi connectivity index (χ0n) is 35.7. The third-order valence-corrected chi connectivity index (χ3v) is 10.4. The van der Waals surface area contributed by atoms with Crippen molar-refractivity contribution in [2.75, 3.05) is 0 Å². The molecular formula is C52H73N2Ni-. The molecule has 3 heteroatoms. The number of aryl methyl sites for hydroxylation is 3. The Bertz CT molecular complexity index is 1680. The minimum absolute atomic E-state index is 0. The van der Waals surface area contributed by atoms with E-state index in [1.807, 2.05) is 0 Å². The molecule has 0 aliphatic heterocycles. The Kier molecular flexibility index (Phi) is 24.5. The van der Waals surface area contributed by atoms with E-state index in [2.05, 4.69) is 140 Å². The zero-order chi connectivity index (χ0) is 39.0. The minimum Gasteiger partial charge on any atom is -0.343 e. The van der Waals surface area contributed by atoms with Crippen LogP contribution in [0.1, 0.15) is 161 Å². The fourth-order valence-electron chi connectivity index (χ4n) is 7.28. The second kappa shape index (κ2) is 28.2. The number of nitrogens with zero attached hydrogens (tertiary/aromatic N) is 2. The molecule has 0 heterocycles. The molecule has 0 atom stereocenters. The van der Waals surface area contributed by atoms with Crippen LogP contribution >= 0.6 is 0 Å². The van der Waals surface area contributed by atoms with Gasteiger partial charge in [-0.1, -0.05) is 160 Å². The molecule has 4 aromatic rings. The molecule has 302 valence electrons. The van der Waals surface area contributed by atoms with Crippen LogP contribution in [-0.2, 0) is 42.2 Å². The normalized spacial score (nSPS) is 11.6. The number of hydrogen-bond donors (Lipinski definition) is 0. The molecule has 0 aromatic heterocycles. The SMILES string of the molecule is CCCCCCCCc1cc(N=C(CC)C(C)=Nc2cc(CC)c(-c3ccccc3)c(CCCCC)c2)cc(-c2ccccc2)c1CCCC.[CH2-]CCC.[Ni]. The Morgan fingerprint density at radius 1 is 0.527 bits per heavy atom. The van der Waals surface area contributed by atoms with Gasteiger partial charge in [-0.05, 0) is 127 Å². The number of benzene rings is 4. The van der Waals surface area contributed by atoms with Crippen LogP contribution in [0.3, 0.4) is 0 Å². The van der Waals surface area contributed by atoms with Gasteiger partial charge in [0.05, 0.1) is 22.8 Å². The maximum absolute atomic E-state index is 5.39. The van der Waals surface area contributed by atoms with E-state index in [-0.39, 0.29) is 16.5 Å². The predicted molar refractivity (Wildman–Crippen MR) is 242 cm³/mol. The van der Waals surface area contributed by atoms with Crippen molar-refractivity contribution in [3.05, 3.63) is 114 Å². The van der Waals surface area contributed by atoms with E-state index in [0.29, 0.717) is 0 Å². The van der Waals surface area contributed by atoms with Crippen LogP contribution in [0.4, 0.5) is 11.4 Å². The van der Waals surface area contributed by atoms with Crippen molar-refractivity contribution in [2.24, 2.45) is 9.98 Å². The Morgan fingerprint density at radius 3 is 1.64 bits per heavy atom. The monoisotopic (exact) mass is 784 g/mol. The molecule has 0 bridgehead atoms. The zero-order valence-corrected chi connectivity index (χ0v) is 36.7. The molecule has 0 unspecified atom stereocenters. The van der Waals surface area contributed by atoms with Gasteiger partial charge in [-0.2, -0.15) is 6.42 Å². The standard InChI is InChI=1S/C48H64N2.C4H9.Ni/c1-7-12-15-16-17-21-30-41-34-44(36-46(45(41)32-14-9-3)39-26-22-18-23-27-39)50-47(11-5)37(6)49-43-33-38(10-4)48(40-28-24-19-25-29-40)42(35-43)31-20-13-8-2;1-3-4-2;/h18-19,22-29,33-36H,7-17,20-21,30-32H2,1-6H3;1,3-4H2,2H3;/q;-1;. The van der Waals surface area contributed by atoms with E-state index in [1.165, 1.54) is 122 Å². The van der Waals surface area contributed by atoms with Gasteiger partial charge in [-0.15, -0.1) is 0 Å². The van der Waals surface area contributed by atoms with Gasteiger partial charge >= 0.3 is 0 Å². The molecule has 0 radical (unpaired) electrons. The third-order valence-electron chi connectivity index (χ3n) is 10.4. The summed E-state index contributed by atoms with van der Waals surface area (Å²) in [5, 5.41) is 0. The van der Waals surface area contributed by atoms with E-state index in [1.54, 1.807) is 0 Å². The van der Waals surface area contributed by atoms with Gasteiger partial charge in [0.2, 0.25) is 0 Å². The Hall–Kier alpha value is -3.29. The summed E-state index contributed by atoms with van der Waals surface area (Å²) in [6, 6.07) is 31.3. The third kappa shape index (κ3) is 16.0. The first kappa shape index (κ1) is 47.9. The quantitative estimate of drug-likeness (QED) is 0.0328. The molecule has 4 aromatic carbocycles. The van der Waals surface area contributed by atoms with Gasteiger partial charge in [0.1, 0.15) is 0 Å². The molecular weight excluding hydrogens is 711 g/mol. The molecule has 0 aliphatic carbocycles. The van der Waals surface area contributed by atoms with Crippen molar-refractivity contribution in [1.82, 2.24) is 0 Å². The summed E-state index contributed by atoms with van der Waals surface area (Å²) in [5.74, 6) is 0. The first-order valence-electron chi connectivity index (χ1n) is 21.8. The van der Waals surface area contributed by atoms with Crippen molar-refractivity contribution in [3.63, 3.8) is 0 Å². The number of aliphatic imine (C=N–C) groups is 2. The van der Waals surface area contributed by atoms with Crippen LogP contribution in [-0.4, -0.2) is 11.4 Å². The average molecular weight is 785 g/mol. The first-order chi connectivity index (χ1) is 26.4. The van der Waals surface area contributed by atoms with E-state index < -0.39 is 0 Å². The summed E-state index contributed by atoms with van der Waals surface area (Å²) in [5.41, 5.74) is 15.4. The molecule has 0 amide bonds. The average Bonchev–Trinajstić information content (AvgIpc) is 3.21. The maximum Gasteiger partial charge on any atom is 0.0642 e. The summed E-state index contributed by atoms with van der Waals surface area (Å²) in [7, 11) is 0. The van der Waals surface area contributed by atoms with Gasteiger partial charge < -0.3 is 6.92 Å². The molecule has 0 fully saturated rings. The van der Waals surface area contributed by atoms with E-state index in [9.17, 15) is 0 Å². The molecule has 0 saturated heterocycles. The Balaban J connectivity index is 0.00000199. The Morgan fingerprint density at radius 2 is 1.04 bits per heavy atom. The number of unbranched alkanes of at least 4 members (excludes halogenated alkanes) is 9. The van der Waals surface area contributed by atoms with Crippen molar-refractivity contribution in [1.29, 1.82) is 0 Å². The van der Waals surface area contributed by atoms with Crippen molar-refractivity contribution in [2.45, 2.75) is 164 Å². The van der Waals surface area contributed by atoms with Crippen LogP contribution in [0.15, 0.2) is 94.9 Å². The topological polar surface area (TPSA) is 24.7 Å². The van der Waals surface area contributed by atoms with Crippen LogP contribution < -0.4 is 0 Å². The summed E-state index contributed by atoms with van der Waals surface area (Å²) in [6.07, 6.45) is 21.4. The van der Waals surface area contributed by atoms with Crippen molar-refractivity contribution >= 4 is 22.8 Å². The molecule has 4 rings (SSSR count). The number of rotatable bonds is 22. The van der Waals surface area contributed by atoms with Crippen molar-refractivity contribution in [3.8, 4) is 22.3 Å². The largest absolute Gasteiger partial charge is 0.343 e. The predicted octanol–water partition coefficient (Wildman–Crippen LogP) is 16.5. The fraction of sp³-hybridized carbons (Fsp3) is 0.481. The van der Waals surface area contributed by atoms with E-state index in [4.69, 9.17) is 9.98 Å². The smallest absolute Gasteiger partial charge is 0.0642 e. The maximum atomic E-state index is 5.39. The molecule has 0 aliphatic rings. The molecule has 55 heavy (non-hydrogen) atoms. The summed E-state index contributed by atoms with van der Waals surface area (Å²) < 4.78 is 0. The van der Waals surface area contributed by atoms with Crippen LogP contribution in [0.2, 0.25) is 0 Å². The summed E-state index contributed by atoms with van der Waals surface area (Å²) >= 11 is 0. The van der Waals surface area contributed by atoms with E-state index in [0.717, 1.165) is 61.3 Å². The van der Waals surface area contributed by atoms with Gasteiger partial charge in [0, 0.05) is 16.5 Å². The van der Waals surface area contributed by atoms with Gasteiger partial charge in [-0.3, -0.25) is 9.98 Å². The minimum atomic E-state index is 0. The van der Waals surface area contributed by atoms with Crippen molar-refractivity contribution < 1.29 is 16.5 Å². The second-order valence-electron chi connectivity index (χ2n) is 14.9. The van der Waals surface area contributed by atoms with Crippen LogP contribution in [0, 0.1) is 6.92 Å². The second-order valence-corrected chi connectivity index (χ2v) is 14.9. The molecule has 2 nitrogen and oxygen atoms in total. The first-order valence-corrected chi connectivity index (χ1v) is 21.8. The molecule has 0 N–H and O–H groups in total. The molecule has 0 saturated carbocycles. The molecule has 0 spiro atoms. The Labute approximate surface area is 348 Å². The summed E-state index contributed by atoms with van der Waals surface area (Å²) in [4.78, 5) is 10.7. The van der Waals surface area contributed by atoms with Crippen LogP contribution in [0.5, 0.6) is 0 Å². The summed E-state index contributed by atoms with van der Waals surface area (Å²) in [6.45, 7) is 19.2. The van der Waals surface area contributed by atoms with Gasteiger partial charge in [0.25, 0.3) is 0 Å². The van der Waals surface area contributed by atoms with Gasteiger partial charge in [-0.25, -0.2) is 0 Å².